The van der Waals surface area contributed by atoms with E-state index in [9.17, 15) is 18.8 Å². The molecule has 1 aliphatic carbocycles. The zero-order valence-electron chi connectivity index (χ0n) is 23.4. The van der Waals surface area contributed by atoms with Crippen LogP contribution in [0.25, 0.3) is 0 Å². The van der Waals surface area contributed by atoms with E-state index in [0.29, 0.717) is 18.9 Å². The van der Waals surface area contributed by atoms with E-state index in [4.69, 9.17) is 0 Å². The Kier molecular flexibility index (Phi) is 8.15. The quantitative estimate of drug-likeness (QED) is 0.448. The second-order valence-electron chi connectivity index (χ2n) is 11.4. The van der Waals surface area contributed by atoms with Gasteiger partial charge in [-0.15, -0.1) is 0 Å². The molecule has 0 saturated carbocycles. The Labute approximate surface area is 238 Å². The number of aromatic nitrogens is 1. The summed E-state index contributed by atoms with van der Waals surface area (Å²) in [6, 6.07) is 11.0. The maximum atomic E-state index is 15.4. The highest BCUT2D eigenvalue weighted by Gasteiger charge is 2.50. The molecule has 3 unspecified atom stereocenters. The summed E-state index contributed by atoms with van der Waals surface area (Å²) in [4.78, 5) is 49.0. The first kappa shape index (κ1) is 28.4. The van der Waals surface area contributed by atoms with Crippen LogP contribution in [0.15, 0.2) is 67.0 Å². The lowest BCUT2D eigenvalue weighted by Gasteiger charge is -2.45. The number of likely N-dealkylation sites (N-methyl/N-ethyl adjacent to an activating group) is 1. The van der Waals surface area contributed by atoms with Crippen LogP contribution < -0.4 is 5.32 Å². The van der Waals surface area contributed by atoms with Crippen molar-refractivity contribution >= 4 is 17.7 Å². The molecule has 1 N–H and O–H groups in total. The first-order valence-corrected chi connectivity index (χ1v) is 13.9. The molecule has 0 spiro atoms. The van der Waals surface area contributed by atoms with Crippen LogP contribution in [0.5, 0.6) is 0 Å². The van der Waals surface area contributed by atoms with Crippen LogP contribution >= 0.6 is 0 Å². The second-order valence-corrected chi connectivity index (χ2v) is 11.4. The molecule has 2 heterocycles. The van der Waals surface area contributed by atoms with Crippen LogP contribution in [-0.2, 0) is 33.8 Å². The van der Waals surface area contributed by atoms with E-state index in [2.05, 4.69) is 10.3 Å². The molecule has 1 fully saturated rings. The molecule has 1 aromatic heterocycles. The molecular formula is C32H34F2N4O3. The smallest absolute Gasteiger partial charge is 0.250 e. The summed E-state index contributed by atoms with van der Waals surface area (Å²) in [7, 11) is 1.56. The number of nitrogens with one attached hydrogen (secondary N) is 1. The van der Waals surface area contributed by atoms with Gasteiger partial charge in [-0.2, -0.15) is 0 Å². The summed E-state index contributed by atoms with van der Waals surface area (Å²) >= 11 is 0. The second kappa shape index (κ2) is 11.8. The summed E-state index contributed by atoms with van der Waals surface area (Å²) in [6.07, 6.45) is 4.68. The van der Waals surface area contributed by atoms with E-state index in [1.807, 2.05) is 38.1 Å². The predicted octanol–water partition coefficient (Wildman–Crippen LogP) is 4.22. The van der Waals surface area contributed by atoms with Crippen LogP contribution in [0.1, 0.15) is 48.6 Å². The van der Waals surface area contributed by atoms with Crippen LogP contribution in [0, 0.1) is 23.5 Å². The zero-order valence-corrected chi connectivity index (χ0v) is 23.4. The lowest BCUT2D eigenvalue weighted by molar-refractivity contribution is -0.160. The van der Waals surface area contributed by atoms with Crippen molar-refractivity contribution in [1.29, 1.82) is 0 Å². The first-order chi connectivity index (χ1) is 19.6. The van der Waals surface area contributed by atoms with Gasteiger partial charge in [0.05, 0.1) is 0 Å². The van der Waals surface area contributed by atoms with Gasteiger partial charge in [0.1, 0.15) is 29.8 Å². The van der Waals surface area contributed by atoms with Crippen molar-refractivity contribution in [1.82, 2.24) is 20.1 Å². The fraction of sp³-hybridized carbons (Fsp3) is 0.375. The molecule has 3 aromatic rings. The van der Waals surface area contributed by atoms with Gasteiger partial charge in [0.15, 0.2) is 0 Å². The predicted molar refractivity (Wildman–Crippen MR) is 149 cm³/mol. The number of benzene rings is 2. The highest BCUT2D eigenvalue weighted by molar-refractivity contribution is 6.00. The van der Waals surface area contributed by atoms with Gasteiger partial charge in [0.25, 0.3) is 0 Å². The molecule has 5 rings (SSSR count). The molecule has 1 saturated heterocycles. The lowest BCUT2D eigenvalue weighted by Crippen LogP contribution is -2.67. The average Bonchev–Trinajstić information content (AvgIpc) is 3.37. The number of halogens is 2. The number of nitrogens with zero attached hydrogens (tertiary/aromatic N) is 3. The third-order valence-electron chi connectivity index (χ3n) is 8.02. The monoisotopic (exact) mass is 560 g/mol. The summed E-state index contributed by atoms with van der Waals surface area (Å²) in [6.45, 7) is 4.01. The van der Waals surface area contributed by atoms with E-state index >= 15 is 4.39 Å². The van der Waals surface area contributed by atoms with Crippen molar-refractivity contribution in [3.63, 3.8) is 0 Å². The van der Waals surface area contributed by atoms with Crippen molar-refractivity contribution < 1.29 is 23.2 Å². The number of rotatable bonds is 8. The maximum Gasteiger partial charge on any atom is 0.250 e. The Morgan fingerprint density at radius 1 is 1.05 bits per heavy atom. The molecule has 0 radical (unpaired) electrons. The summed E-state index contributed by atoms with van der Waals surface area (Å²) in [5.41, 5.74) is 2.87. The molecule has 3 amide bonds. The number of hydrogen-bond acceptors (Lipinski definition) is 4. The normalized spacial score (nSPS) is 19.7. The topological polar surface area (TPSA) is 82.6 Å². The Hall–Kier alpha value is -4.14. The van der Waals surface area contributed by atoms with Crippen LogP contribution in [-0.4, -0.2) is 51.6 Å². The molecule has 7 nitrogen and oxygen atoms in total. The molecule has 9 heteroatoms. The van der Waals surface area contributed by atoms with Gasteiger partial charge in [0.2, 0.25) is 17.7 Å². The highest BCUT2D eigenvalue weighted by Crippen LogP contribution is 2.36. The Morgan fingerprint density at radius 2 is 1.71 bits per heavy atom. The number of amides is 3. The molecule has 2 aliphatic rings. The zero-order chi connectivity index (χ0) is 29.3. The molecule has 41 heavy (non-hydrogen) atoms. The number of fused-ring (bicyclic) bond motifs is 1. The van der Waals surface area contributed by atoms with Crippen molar-refractivity contribution in [2.45, 2.75) is 57.8 Å². The van der Waals surface area contributed by atoms with E-state index in [0.717, 1.165) is 22.8 Å². The lowest BCUT2D eigenvalue weighted by atomic mass is 9.87. The Balaban J connectivity index is 1.56. The summed E-state index contributed by atoms with van der Waals surface area (Å²) in [5.74, 6) is -3.36. The fourth-order valence-electron chi connectivity index (χ4n) is 6.05. The average molecular weight is 561 g/mol. The highest BCUT2D eigenvalue weighted by atomic mass is 19.1. The van der Waals surface area contributed by atoms with Gasteiger partial charge in [-0.1, -0.05) is 44.2 Å². The summed E-state index contributed by atoms with van der Waals surface area (Å²) < 4.78 is 29.4. The number of carbonyl (C=O) groups excluding carboxylic acids is 3. The van der Waals surface area contributed by atoms with E-state index < -0.39 is 41.6 Å². The number of carbonyl (C=O) groups is 3. The first-order valence-electron chi connectivity index (χ1n) is 13.9. The van der Waals surface area contributed by atoms with Crippen molar-refractivity contribution in [3.05, 3.63) is 101 Å². The third-order valence-corrected chi connectivity index (χ3v) is 8.02. The summed E-state index contributed by atoms with van der Waals surface area (Å²) in [5, 5.41) is 2.95. The number of hydrogen-bond donors (Lipinski definition) is 1. The van der Waals surface area contributed by atoms with Gasteiger partial charge in [-0.3, -0.25) is 19.4 Å². The Bertz CT molecular complexity index is 1420. The van der Waals surface area contributed by atoms with Gasteiger partial charge in [-0.25, -0.2) is 8.78 Å². The standard InChI is InChI=1S/C32H34F2N4O3/c1-19(2)14-27-30(39)36-28(23-15-21-6-4-5-7-22(21)16-23)31(40)38(27)29(25-9-8-24(33)17-26(25)34)32(41)37(3)18-20-10-12-35-13-11-20/h4-13,17,19,23,27-29H,14-16,18H2,1-3H3,(H,36,39). The largest absolute Gasteiger partial charge is 0.342 e. The number of pyridine rings is 1. The van der Waals surface area contributed by atoms with Crippen molar-refractivity contribution in [2.24, 2.45) is 11.8 Å². The van der Waals surface area contributed by atoms with Crippen LogP contribution in [0.4, 0.5) is 8.78 Å². The van der Waals surface area contributed by atoms with Gasteiger partial charge >= 0.3 is 0 Å². The maximum absolute atomic E-state index is 15.4. The van der Waals surface area contributed by atoms with Gasteiger partial charge < -0.3 is 15.1 Å². The molecule has 2 aromatic carbocycles. The van der Waals surface area contributed by atoms with Crippen molar-refractivity contribution in [3.8, 4) is 0 Å². The van der Waals surface area contributed by atoms with E-state index in [-0.39, 0.29) is 36.3 Å². The molecular weight excluding hydrogens is 526 g/mol. The Morgan fingerprint density at radius 3 is 2.32 bits per heavy atom. The molecule has 3 atom stereocenters. The minimum atomic E-state index is -1.46. The van der Waals surface area contributed by atoms with Gasteiger partial charge in [-0.05, 0) is 66.0 Å². The van der Waals surface area contributed by atoms with Gasteiger partial charge in [0, 0.05) is 37.6 Å². The minimum Gasteiger partial charge on any atom is -0.342 e. The SMILES string of the molecule is CC(C)CC1C(=O)NC(C2Cc3ccccc3C2)C(=O)N1C(C(=O)N(C)Cc1ccncc1)c1ccc(F)cc1F. The minimum absolute atomic E-state index is 0.00306. The van der Waals surface area contributed by atoms with Crippen LogP contribution in [0.2, 0.25) is 0 Å². The van der Waals surface area contributed by atoms with Crippen molar-refractivity contribution in [2.75, 3.05) is 7.05 Å². The van der Waals surface area contributed by atoms with Crippen LogP contribution in [0.3, 0.4) is 0 Å². The molecule has 214 valence electrons. The number of piperazine rings is 1. The van der Waals surface area contributed by atoms with E-state index in [1.54, 1.807) is 31.6 Å². The van der Waals surface area contributed by atoms with E-state index in [1.165, 1.54) is 15.9 Å². The molecule has 1 aliphatic heterocycles. The molecule has 0 bridgehead atoms. The third kappa shape index (κ3) is 5.85. The fourth-order valence-corrected chi connectivity index (χ4v) is 6.05.